The van der Waals surface area contributed by atoms with Gasteiger partial charge in [-0.2, -0.15) is 4.98 Å². The first kappa shape index (κ1) is 16.7. The van der Waals surface area contributed by atoms with Gasteiger partial charge in [0.2, 0.25) is 11.7 Å². The summed E-state index contributed by atoms with van der Waals surface area (Å²) in [5.74, 6) is 0.118. The number of carbonyl (C=O) groups excluding carboxylic acids is 1. The molecule has 0 unspecified atom stereocenters. The minimum absolute atomic E-state index is 0.0734. The highest BCUT2D eigenvalue weighted by atomic mass is 35.5. The summed E-state index contributed by atoms with van der Waals surface area (Å²) in [5, 5.41) is 3.96. The average molecular weight is 372 g/mol. The van der Waals surface area contributed by atoms with E-state index >= 15 is 0 Å². The Balaban J connectivity index is 1.60. The highest BCUT2D eigenvalue weighted by Gasteiger charge is 2.34. The molecule has 1 fully saturated rings. The standard InChI is InChI=1S/C19H15ClFN3O2/c20-14-11-13(8-9-15(14)21)19(25)24-10-4-7-16(24)18-22-17(23-26-18)12-5-2-1-3-6-12/h1-3,5-6,8-9,11,16H,4,7,10H2/t16-/m0/s1. The summed E-state index contributed by atoms with van der Waals surface area (Å²) in [4.78, 5) is 19.0. The fourth-order valence-corrected chi connectivity index (χ4v) is 3.32. The minimum atomic E-state index is -0.550. The van der Waals surface area contributed by atoms with E-state index in [0.717, 1.165) is 18.4 Å². The molecule has 0 radical (unpaired) electrons. The van der Waals surface area contributed by atoms with E-state index in [9.17, 15) is 9.18 Å². The van der Waals surface area contributed by atoms with Crippen molar-refractivity contribution in [3.05, 3.63) is 70.8 Å². The Morgan fingerprint density at radius 1 is 1.23 bits per heavy atom. The maximum Gasteiger partial charge on any atom is 0.254 e. The Labute approximate surface area is 154 Å². The van der Waals surface area contributed by atoms with Crippen LogP contribution in [0.3, 0.4) is 0 Å². The van der Waals surface area contributed by atoms with E-state index in [2.05, 4.69) is 10.1 Å². The van der Waals surface area contributed by atoms with Crippen molar-refractivity contribution < 1.29 is 13.7 Å². The monoisotopic (exact) mass is 371 g/mol. The van der Waals surface area contributed by atoms with Crippen molar-refractivity contribution >= 4 is 17.5 Å². The van der Waals surface area contributed by atoms with Gasteiger partial charge in [0.15, 0.2) is 0 Å². The maximum absolute atomic E-state index is 13.4. The summed E-state index contributed by atoms with van der Waals surface area (Å²) in [6.45, 7) is 0.571. The molecule has 26 heavy (non-hydrogen) atoms. The molecule has 1 aromatic heterocycles. The summed E-state index contributed by atoms with van der Waals surface area (Å²) in [6, 6.07) is 13.2. The average Bonchev–Trinajstić information content (AvgIpc) is 3.33. The second-order valence-electron chi connectivity index (χ2n) is 6.11. The molecule has 4 rings (SSSR count). The van der Waals surface area contributed by atoms with Crippen LogP contribution in [0.25, 0.3) is 11.4 Å². The van der Waals surface area contributed by atoms with Gasteiger partial charge in [-0.25, -0.2) is 4.39 Å². The van der Waals surface area contributed by atoms with Crippen molar-refractivity contribution in [2.24, 2.45) is 0 Å². The lowest BCUT2D eigenvalue weighted by molar-refractivity contribution is 0.0710. The fourth-order valence-electron chi connectivity index (χ4n) is 3.14. The second kappa shape index (κ2) is 6.88. The zero-order valence-corrected chi connectivity index (χ0v) is 14.5. The van der Waals surface area contributed by atoms with Crippen LogP contribution in [-0.2, 0) is 0 Å². The highest BCUT2D eigenvalue weighted by Crippen LogP contribution is 2.33. The first-order valence-corrected chi connectivity index (χ1v) is 8.66. The zero-order valence-electron chi connectivity index (χ0n) is 13.7. The Kier molecular flexibility index (Phi) is 4.42. The number of benzene rings is 2. The zero-order chi connectivity index (χ0) is 18.1. The van der Waals surface area contributed by atoms with Crippen LogP contribution in [0.4, 0.5) is 4.39 Å². The molecule has 2 heterocycles. The number of likely N-dealkylation sites (tertiary alicyclic amines) is 1. The molecular weight excluding hydrogens is 357 g/mol. The highest BCUT2D eigenvalue weighted by molar-refractivity contribution is 6.31. The lowest BCUT2D eigenvalue weighted by Crippen LogP contribution is -2.30. The molecular formula is C19H15ClFN3O2. The van der Waals surface area contributed by atoms with Crippen molar-refractivity contribution in [2.45, 2.75) is 18.9 Å². The van der Waals surface area contributed by atoms with Crippen LogP contribution in [0.5, 0.6) is 0 Å². The lowest BCUT2D eigenvalue weighted by Gasteiger charge is -2.22. The Hall–Kier alpha value is -2.73. The van der Waals surface area contributed by atoms with Crippen LogP contribution >= 0.6 is 11.6 Å². The van der Waals surface area contributed by atoms with Gasteiger partial charge in [-0.1, -0.05) is 47.1 Å². The molecule has 1 amide bonds. The first-order chi connectivity index (χ1) is 12.6. The quantitative estimate of drug-likeness (QED) is 0.679. The second-order valence-corrected chi connectivity index (χ2v) is 6.51. The van der Waals surface area contributed by atoms with Crippen LogP contribution in [0.1, 0.15) is 35.1 Å². The van der Waals surface area contributed by atoms with Crippen LogP contribution in [0, 0.1) is 5.82 Å². The predicted octanol–water partition coefficient (Wildman–Crippen LogP) is 4.51. The molecule has 1 saturated heterocycles. The third kappa shape index (κ3) is 3.08. The number of amides is 1. The Morgan fingerprint density at radius 3 is 2.81 bits per heavy atom. The number of hydrogen-bond donors (Lipinski definition) is 0. The van der Waals surface area contributed by atoms with Gasteiger partial charge in [0, 0.05) is 17.7 Å². The van der Waals surface area contributed by atoms with Crippen molar-refractivity contribution in [1.29, 1.82) is 0 Å². The number of rotatable bonds is 3. The predicted molar refractivity (Wildman–Crippen MR) is 94.2 cm³/mol. The van der Waals surface area contributed by atoms with Crippen molar-refractivity contribution in [2.75, 3.05) is 6.54 Å². The number of hydrogen-bond acceptors (Lipinski definition) is 4. The molecule has 0 N–H and O–H groups in total. The SMILES string of the molecule is O=C(c1ccc(F)c(Cl)c1)N1CCC[C@H]1c1nc(-c2ccccc2)no1. The van der Waals surface area contributed by atoms with Gasteiger partial charge in [0.25, 0.3) is 5.91 Å². The molecule has 5 nitrogen and oxygen atoms in total. The Morgan fingerprint density at radius 2 is 2.04 bits per heavy atom. The number of carbonyl (C=O) groups is 1. The van der Waals surface area contributed by atoms with Crippen molar-refractivity contribution in [3.63, 3.8) is 0 Å². The smallest absolute Gasteiger partial charge is 0.254 e. The van der Waals surface area contributed by atoms with Crippen LogP contribution in [0.15, 0.2) is 53.1 Å². The maximum atomic E-state index is 13.4. The van der Waals surface area contributed by atoms with Crippen molar-refractivity contribution in [3.8, 4) is 11.4 Å². The normalized spacial score (nSPS) is 16.8. The number of nitrogens with zero attached hydrogens (tertiary/aromatic N) is 3. The summed E-state index contributed by atoms with van der Waals surface area (Å²) in [6.07, 6.45) is 1.56. The van der Waals surface area contributed by atoms with E-state index in [1.54, 1.807) is 4.90 Å². The molecule has 1 atom stereocenters. The van der Waals surface area contributed by atoms with E-state index in [0.29, 0.717) is 23.8 Å². The summed E-state index contributed by atoms with van der Waals surface area (Å²) < 4.78 is 18.8. The van der Waals surface area contributed by atoms with E-state index in [1.807, 2.05) is 30.3 Å². The first-order valence-electron chi connectivity index (χ1n) is 8.28. The number of halogens is 2. The van der Waals surface area contributed by atoms with Gasteiger partial charge in [-0.05, 0) is 31.0 Å². The molecule has 1 aliphatic heterocycles. The van der Waals surface area contributed by atoms with Crippen LogP contribution in [-0.4, -0.2) is 27.5 Å². The molecule has 2 aromatic carbocycles. The van der Waals surface area contributed by atoms with Gasteiger partial charge >= 0.3 is 0 Å². The molecule has 7 heteroatoms. The molecule has 3 aromatic rings. The largest absolute Gasteiger partial charge is 0.337 e. The molecule has 1 aliphatic rings. The molecule has 0 bridgehead atoms. The van der Waals surface area contributed by atoms with Crippen molar-refractivity contribution in [1.82, 2.24) is 15.0 Å². The van der Waals surface area contributed by atoms with Gasteiger partial charge < -0.3 is 9.42 Å². The number of aromatic nitrogens is 2. The summed E-state index contributed by atoms with van der Waals surface area (Å²) >= 11 is 5.80. The van der Waals surface area contributed by atoms with Crippen LogP contribution < -0.4 is 0 Å². The summed E-state index contributed by atoms with van der Waals surface area (Å²) in [5.41, 5.74) is 1.19. The molecule has 132 valence electrons. The van der Waals surface area contributed by atoms with Gasteiger partial charge in [-0.3, -0.25) is 4.79 Å². The van der Waals surface area contributed by atoms with E-state index < -0.39 is 5.82 Å². The van der Waals surface area contributed by atoms with Gasteiger partial charge in [0.05, 0.1) is 5.02 Å². The van der Waals surface area contributed by atoms with E-state index in [4.69, 9.17) is 16.1 Å². The molecule has 0 aliphatic carbocycles. The third-order valence-electron chi connectivity index (χ3n) is 4.44. The van der Waals surface area contributed by atoms with Crippen LogP contribution in [0.2, 0.25) is 5.02 Å². The van der Waals surface area contributed by atoms with Gasteiger partial charge in [0.1, 0.15) is 11.9 Å². The summed E-state index contributed by atoms with van der Waals surface area (Å²) in [7, 11) is 0. The third-order valence-corrected chi connectivity index (χ3v) is 4.73. The molecule has 0 spiro atoms. The lowest BCUT2D eigenvalue weighted by atomic mass is 10.1. The van der Waals surface area contributed by atoms with E-state index in [1.165, 1.54) is 18.2 Å². The fraction of sp³-hybridized carbons (Fsp3) is 0.211. The van der Waals surface area contributed by atoms with E-state index in [-0.39, 0.29) is 17.0 Å². The topological polar surface area (TPSA) is 59.2 Å². The molecule has 0 saturated carbocycles. The minimum Gasteiger partial charge on any atom is -0.337 e. The van der Waals surface area contributed by atoms with Gasteiger partial charge in [-0.15, -0.1) is 0 Å². The Bertz CT molecular complexity index is 945.